The summed E-state index contributed by atoms with van der Waals surface area (Å²) in [7, 11) is 1.68. The zero-order valence-corrected chi connectivity index (χ0v) is 15.6. The van der Waals surface area contributed by atoms with Crippen LogP contribution in [0.1, 0.15) is 25.7 Å². The highest BCUT2D eigenvalue weighted by Gasteiger charge is 2.39. The Morgan fingerprint density at radius 1 is 1.12 bits per heavy atom. The van der Waals surface area contributed by atoms with Gasteiger partial charge in [0.15, 0.2) is 5.11 Å². The summed E-state index contributed by atoms with van der Waals surface area (Å²) < 4.78 is 11.6. The summed E-state index contributed by atoms with van der Waals surface area (Å²) in [6.45, 7) is 0. The Labute approximate surface area is 157 Å². The Kier molecular flexibility index (Phi) is 3.78. The van der Waals surface area contributed by atoms with Gasteiger partial charge in [0.2, 0.25) is 0 Å². The van der Waals surface area contributed by atoms with Crippen LogP contribution in [0.3, 0.4) is 0 Å². The van der Waals surface area contributed by atoms with Gasteiger partial charge >= 0.3 is 0 Å². The molecule has 0 aliphatic heterocycles. The number of hydrogen-bond acceptors (Lipinski definition) is 3. The van der Waals surface area contributed by atoms with Gasteiger partial charge in [0.05, 0.1) is 12.8 Å². The number of para-hydroxylation sites is 1. The number of methoxy groups -OCH3 is 1. The quantitative estimate of drug-likeness (QED) is 0.634. The first-order chi connectivity index (χ1) is 12.7. The van der Waals surface area contributed by atoms with Gasteiger partial charge in [0.1, 0.15) is 16.9 Å². The van der Waals surface area contributed by atoms with Gasteiger partial charge in [0.25, 0.3) is 0 Å². The summed E-state index contributed by atoms with van der Waals surface area (Å²) in [5.41, 5.74) is 2.54. The third-order valence-corrected chi connectivity index (χ3v) is 6.22. The molecule has 0 saturated heterocycles. The lowest BCUT2D eigenvalue weighted by Crippen LogP contribution is -2.40. The number of ether oxygens (including phenoxy) is 1. The molecule has 0 amide bonds. The van der Waals surface area contributed by atoms with E-state index in [-0.39, 0.29) is 0 Å². The molecule has 2 fully saturated rings. The van der Waals surface area contributed by atoms with Gasteiger partial charge in [-0.25, -0.2) is 0 Å². The van der Waals surface area contributed by atoms with Crippen LogP contribution in [-0.2, 0) is 0 Å². The highest BCUT2D eigenvalue weighted by atomic mass is 32.1. The lowest BCUT2D eigenvalue weighted by atomic mass is 9.95. The highest BCUT2D eigenvalue weighted by Crippen LogP contribution is 2.44. The molecule has 1 heterocycles. The molecule has 4 nitrogen and oxygen atoms in total. The number of rotatable bonds is 3. The van der Waals surface area contributed by atoms with Crippen LogP contribution in [0.25, 0.3) is 21.9 Å². The van der Waals surface area contributed by atoms with Crippen LogP contribution in [0.2, 0.25) is 0 Å². The van der Waals surface area contributed by atoms with E-state index in [2.05, 4.69) is 16.7 Å². The standard InChI is InChI=1S/C21H22N2O2S/c1-24-20-10-15-14-4-2-3-5-18(14)25-19(15)11-17(20)23-21(26)22-16-9-12-6-7-13(16)8-12/h2-5,10-13,16H,6-9H2,1H3,(H2,22,23,26). The molecule has 3 atom stereocenters. The van der Waals surface area contributed by atoms with Crippen molar-refractivity contribution in [1.29, 1.82) is 0 Å². The number of benzene rings is 2. The number of furan rings is 1. The first-order valence-electron chi connectivity index (χ1n) is 9.28. The Hall–Kier alpha value is -2.27. The number of anilines is 1. The average Bonchev–Trinajstić information content (AvgIpc) is 3.34. The lowest BCUT2D eigenvalue weighted by molar-refractivity contribution is 0.391. The van der Waals surface area contributed by atoms with E-state index in [0.717, 1.165) is 45.2 Å². The second kappa shape index (κ2) is 6.16. The molecule has 2 aliphatic rings. The number of thiocarbonyl (C=S) groups is 1. The van der Waals surface area contributed by atoms with Crippen LogP contribution in [0.15, 0.2) is 40.8 Å². The van der Waals surface area contributed by atoms with Crippen molar-refractivity contribution in [3.05, 3.63) is 36.4 Å². The van der Waals surface area contributed by atoms with E-state index in [1.165, 1.54) is 25.7 Å². The molecule has 2 saturated carbocycles. The molecule has 3 unspecified atom stereocenters. The molecule has 0 spiro atoms. The average molecular weight is 366 g/mol. The summed E-state index contributed by atoms with van der Waals surface area (Å²) in [5, 5.41) is 9.65. The van der Waals surface area contributed by atoms with Crippen molar-refractivity contribution in [2.24, 2.45) is 11.8 Å². The first kappa shape index (κ1) is 15.9. The fraction of sp³-hybridized carbons (Fsp3) is 0.381. The second-order valence-electron chi connectivity index (χ2n) is 7.53. The van der Waals surface area contributed by atoms with Gasteiger partial charge in [-0.2, -0.15) is 0 Å². The summed E-state index contributed by atoms with van der Waals surface area (Å²) in [6, 6.07) is 12.5. The summed E-state index contributed by atoms with van der Waals surface area (Å²) in [6.07, 6.45) is 5.32. The van der Waals surface area contributed by atoms with Gasteiger partial charge in [-0.05, 0) is 55.4 Å². The van der Waals surface area contributed by atoms with Crippen molar-refractivity contribution in [2.45, 2.75) is 31.7 Å². The summed E-state index contributed by atoms with van der Waals surface area (Å²) in [5.74, 6) is 2.43. The molecule has 2 aliphatic carbocycles. The number of hydrogen-bond donors (Lipinski definition) is 2. The van der Waals surface area contributed by atoms with Crippen molar-refractivity contribution in [2.75, 3.05) is 12.4 Å². The largest absolute Gasteiger partial charge is 0.495 e. The normalized spacial score (nSPS) is 24.3. The van der Waals surface area contributed by atoms with E-state index < -0.39 is 0 Å². The predicted octanol–water partition coefficient (Wildman–Crippen LogP) is 5.07. The Bertz CT molecular complexity index is 996. The van der Waals surface area contributed by atoms with Crippen molar-refractivity contribution in [1.82, 2.24) is 5.32 Å². The van der Waals surface area contributed by atoms with Crippen LogP contribution in [0, 0.1) is 11.8 Å². The van der Waals surface area contributed by atoms with E-state index in [1.54, 1.807) is 7.11 Å². The van der Waals surface area contributed by atoms with Crippen LogP contribution >= 0.6 is 12.2 Å². The maximum Gasteiger partial charge on any atom is 0.171 e. The molecule has 134 valence electrons. The predicted molar refractivity (Wildman–Crippen MR) is 109 cm³/mol. The maximum absolute atomic E-state index is 5.99. The molecule has 26 heavy (non-hydrogen) atoms. The van der Waals surface area contributed by atoms with Gasteiger partial charge in [0, 0.05) is 22.9 Å². The fourth-order valence-corrected chi connectivity index (χ4v) is 5.03. The molecule has 2 N–H and O–H groups in total. The molecule has 5 rings (SSSR count). The highest BCUT2D eigenvalue weighted by molar-refractivity contribution is 7.80. The summed E-state index contributed by atoms with van der Waals surface area (Å²) in [4.78, 5) is 0. The topological polar surface area (TPSA) is 46.4 Å². The van der Waals surface area contributed by atoms with Crippen LogP contribution in [0.4, 0.5) is 5.69 Å². The Balaban J connectivity index is 1.42. The Morgan fingerprint density at radius 2 is 2.00 bits per heavy atom. The second-order valence-corrected chi connectivity index (χ2v) is 7.93. The first-order valence-corrected chi connectivity index (χ1v) is 9.69. The molecule has 2 bridgehead atoms. The zero-order valence-electron chi connectivity index (χ0n) is 14.7. The van der Waals surface area contributed by atoms with Crippen molar-refractivity contribution in [3.8, 4) is 5.75 Å². The minimum atomic E-state index is 0.509. The van der Waals surface area contributed by atoms with E-state index in [4.69, 9.17) is 21.4 Å². The Morgan fingerprint density at radius 3 is 2.77 bits per heavy atom. The van der Waals surface area contributed by atoms with E-state index in [9.17, 15) is 0 Å². The van der Waals surface area contributed by atoms with Gasteiger partial charge in [-0.1, -0.05) is 24.6 Å². The zero-order chi connectivity index (χ0) is 17.7. The number of fused-ring (bicyclic) bond motifs is 5. The van der Waals surface area contributed by atoms with E-state index in [1.807, 2.05) is 30.3 Å². The molecular formula is C21H22N2O2S. The van der Waals surface area contributed by atoms with Crippen molar-refractivity contribution < 1.29 is 9.15 Å². The van der Waals surface area contributed by atoms with Gasteiger partial charge in [-0.3, -0.25) is 0 Å². The monoisotopic (exact) mass is 366 g/mol. The van der Waals surface area contributed by atoms with Crippen molar-refractivity contribution in [3.63, 3.8) is 0 Å². The molecular weight excluding hydrogens is 344 g/mol. The minimum Gasteiger partial charge on any atom is -0.495 e. The SMILES string of the molecule is COc1cc2c(cc1NC(=S)NC1CC3CCC1C3)oc1ccccc12. The molecule has 2 aromatic carbocycles. The minimum absolute atomic E-state index is 0.509. The maximum atomic E-state index is 5.99. The van der Waals surface area contributed by atoms with Crippen molar-refractivity contribution >= 4 is 45.0 Å². The smallest absolute Gasteiger partial charge is 0.171 e. The van der Waals surface area contributed by atoms with Crippen LogP contribution in [-0.4, -0.2) is 18.3 Å². The fourth-order valence-electron chi connectivity index (χ4n) is 4.77. The molecule has 0 radical (unpaired) electrons. The molecule has 1 aromatic heterocycles. The molecule has 3 aromatic rings. The third kappa shape index (κ3) is 2.62. The van der Waals surface area contributed by atoms with Gasteiger partial charge in [-0.15, -0.1) is 0 Å². The lowest BCUT2D eigenvalue weighted by Gasteiger charge is -2.24. The van der Waals surface area contributed by atoms with Crippen LogP contribution in [0.5, 0.6) is 5.75 Å². The molecule has 5 heteroatoms. The van der Waals surface area contributed by atoms with Gasteiger partial charge < -0.3 is 19.8 Å². The van der Waals surface area contributed by atoms with Crippen LogP contribution < -0.4 is 15.4 Å². The summed E-state index contributed by atoms with van der Waals surface area (Å²) >= 11 is 5.57. The third-order valence-electron chi connectivity index (χ3n) is 6.00. The number of nitrogens with one attached hydrogen (secondary N) is 2. The van der Waals surface area contributed by atoms with E-state index >= 15 is 0 Å². The van der Waals surface area contributed by atoms with E-state index in [0.29, 0.717) is 11.2 Å².